The third kappa shape index (κ3) is 3.73. The zero-order chi connectivity index (χ0) is 11.1. The third-order valence-corrected chi connectivity index (χ3v) is 2.31. The van der Waals surface area contributed by atoms with E-state index >= 15 is 0 Å². The van der Waals surface area contributed by atoms with E-state index in [2.05, 4.69) is 17.1 Å². The minimum Gasteiger partial charge on any atom is -0.388 e. The summed E-state index contributed by atoms with van der Waals surface area (Å²) in [6, 6.07) is 0. The summed E-state index contributed by atoms with van der Waals surface area (Å²) in [5.41, 5.74) is 0. The monoisotopic (exact) mass is 231 g/mol. The second-order valence-corrected chi connectivity index (χ2v) is 3.61. The zero-order valence-corrected chi connectivity index (χ0v) is 9.72. The molecule has 0 aromatic carbocycles. The summed E-state index contributed by atoms with van der Waals surface area (Å²) in [5, 5.41) is 15.6. The molecule has 0 unspecified atom stereocenters. The van der Waals surface area contributed by atoms with Gasteiger partial charge in [0.25, 0.3) is 0 Å². The average Bonchev–Trinajstić information content (AvgIpc) is 2.60. The van der Waals surface area contributed by atoms with E-state index in [1.54, 1.807) is 4.57 Å². The molecule has 0 amide bonds. The molecule has 5 nitrogen and oxygen atoms in total. The average molecular weight is 231 g/mol. The summed E-state index contributed by atoms with van der Waals surface area (Å²) in [7, 11) is 0. The van der Waals surface area contributed by atoms with Crippen LogP contribution in [0, 0.1) is 4.77 Å². The van der Waals surface area contributed by atoms with E-state index in [1.807, 2.05) is 0 Å². The van der Waals surface area contributed by atoms with Gasteiger partial charge in [0.05, 0.1) is 0 Å². The fourth-order valence-electron chi connectivity index (χ4n) is 1.27. The van der Waals surface area contributed by atoms with Crippen molar-refractivity contribution in [2.75, 3.05) is 13.2 Å². The van der Waals surface area contributed by atoms with Crippen LogP contribution in [0.1, 0.15) is 25.6 Å². The first-order valence-corrected chi connectivity index (χ1v) is 5.53. The first-order chi connectivity index (χ1) is 7.29. The molecule has 1 rings (SSSR count). The molecule has 0 aliphatic rings. The molecule has 1 aromatic rings. The number of rotatable bonds is 7. The van der Waals surface area contributed by atoms with E-state index in [1.165, 1.54) is 0 Å². The molecule has 0 aliphatic heterocycles. The number of hydrogen-bond acceptors (Lipinski definition) is 4. The van der Waals surface area contributed by atoms with Gasteiger partial charge in [0.15, 0.2) is 10.6 Å². The number of nitrogens with one attached hydrogen (secondary N) is 1. The fraction of sp³-hybridized carbons (Fsp3) is 0.778. The molecular formula is C9H17N3O2S. The van der Waals surface area contributed by atoms with Crippen LogP contribution in [0.15, 0.2) is 0 Å². The lowest BCUT2D eigenvalue weighted by Crippen LogP contribution is -2.07. The molecule has 15 heavy (non-hydrogen) atoms. The van der Waals surface area contributed by atoms with Crippen molar-refractivity contribution in [3.8, 4) is 0 Å². The van der Waals surface area contributed by atoms with E-state index in [4.69, 9.17) is 22.1 Å². The number of aliphatic hydroxyl groups excluding tert-OH is 1. The Hall–Kier alpha value is -0.720. The van der Waals surface area contributed by atoms with Gasteiger partial charge in [-0.2, -0.15) is 5.10 Å². The van der Waals surface area contributed by atoms with Crippen molar-refractivity contribution < 1.29 is 9.84 Å². The van der Waals surface area contributed by atoms with Gasteiger partial charge in [-0.05, 0) is 25.1 Å². The molecule has 0 atom stereocenters. The van der Waals surface area contributed by atoms with Gasteiger partial charge in [-0.1, -0.05) is 6.92 Å². The third-order valence-electron chi connectivity index (χ3n) is 2.00. The largest absolute Gasteiger partial charge is 0.388 e. The number of aliphatic hydroxyl groups is 1. The molecule has 0 radical (unpaired) electrons. The second kappa shape index (κ2) is 6.71. The lowest BCUT2D eigenvalue weighted by atomic mass is 10.4. The van der Waals surface area contributed by atoms with Crippen LogP contribution >= 0.6 is 12.2 Å². The SMILES string of the molecule is CCCOCCCn1c(CO)n[nH]c1=S. The second-order valence-electron chi connectivity index (χ2n) is 3.22. The Balaban J connectivity index is 2.36. The topological polar surface area (TPSA) is 63.1 Å². The number of H-pyrrole nitrogens is 1. The van der Waals surface area contributed by atoms with Gasteiger partial charge in [-0.15, -0.1) is 0 Å². The van der Waals surface area contributed by atoms with Gasteiger partial charge < -0.3 is 14.4 Å². The molecule has 6 heteroatoms. The van der Waals surface area contributed by atoms with E-state index in [-0.39, 0.29) is 6.61 Å². The Morgan fingerprint density at radius 2 is 2.33 bits per heavy atom. The van der Waals surface area contributed by atoms with Crippen molar-refractivity contribution >= 4 is 12.2 Å². The van der Waals surface area contributed by atoms with Crippen molar-refractivity contribution in [2.45, 2.75) is 32.9 Å². The zero-order valence-electron chi connectivity index (χ0n) is 8.90. The fourth-order valence-corrected chi connectivity index (χ4v) is 1.52. The Morgan fingerprint density at radius 3 is 3.00 bits per heavy atom. The van der Waals surface area contributed by atoms with Crippen LogP contribution in [-0.4, -0.2) is 33.1 Å². The van der Waals surface area contributed by atoms with Gasteiger partial charge in [-0.3, -0.25) is 5.10 Å². The normalized spacial score (nSPS) is 10.8. The van der Waals surface area contributed by atoms with Crippen molar-refractivity contribution in [3.05, 3.63) is 10.6 Å². The first-order valence-electron chi connectivity index (χ1n) is 5.12. The maximum absolute atomic E-state index is 8.99. The van der Waals surface area contributed by atoms with Crippen molar-refractivity contribution in [1.82, 2.24) is 14.8 Å². The quantitative estimate of drug-likeness (QED) is 0.547. The summed E-state index contributed by atoms with van der Waals surface area (Å²) in [6.07, 6.45) is 1.91. The van der Waals surface area contributed by atoms with Crippen LogP contribution in [0.4, 0.5) is 0 Å². The number of nitrogens with zero attached hydrogens (tertiary/aromatic N) is 2. The molecule has 0 aliphatic carbocycles. The first kappa shape index (κ1) is 12.4. The van der Waals surface area contributed by atoms with E-state index < -0.39 is 0 Å². The predicted molar refractivity (Wildman–Crippen MR) is 59.1 cm³/mol. The predicted octanol–water partition coefficient (Wildman–Crippen LogP) is 1.25. The summed E-state index contributed by atoms with van der Waals surface area (Å²) < 4.78 is 7.70. The van der Waals surface area contributed by atoms with E-state index in [9.17, 15) is 0 Å². The highest BCUT2D eigenvalue weighted by molar-refractivity contribution is 7.71. The summed E-state index contributed by atoms with van der Waals surface area (Å²) in [5.74, 6) is 0.579. The van der Waals surface area contributed by atoms with Gasteiger partial charge in [0.2, 0.25) is 0 Å². The molecule has 0 fully saturated rings. The standard InChI is InChI=1S/C9H17N3O2S/c1-2-5-14-6-3-4-12-8(7-13)10-11-9(12)15/h13H,2-7H2,1H3,(H,11,15). The minimum absolute atomic E-state index is 0.0943. The minimum atomic E-state index is -0.0943. The number of aromatic nitrogens is 3. The summed E-state index contributed by atoms with van der Waals surface area (Å²) in [4.78, 5) is 0. The highest BCUT2D eigenvalue weighted by atomic mass is 32.1. The van der Waals surface area contributed by atoms with Crippen molar-refractivity contribution in [3.63, 3.8) is 0 Å². The molecular weight excluding hydrogens is 214 g/mol. The Bertz CT molecular complexity index is 334. The van der Waals surface area contributed by atoms with Crippen LogP contribution in [0.2, 0.25) is 0 Å². The maximum Gasteiger partial charge on any atom is 0.195 e. The highest BCUT2D eigenvalue weighted by Crippen LogP contribution is 2.00. The molecule has 0 saturated heterocycles. The van der Waals surface area contributed by atoms with E-state index in [0.717, 1.165) is 26.0 Å². The van der Waals surface area contributed by atoms with Crippen molar-refractivity contribution in [1.29, 1.82) is 0 Å². The maximum atomic E-state index is 8.99. The molecule has 0 bridgehead atoms. The Morgan fingerprint density at radius 1 is 1.53 bits per heavy atom. The van der Waals surface area contributed by atoms with Crippen molar-refractivity contribution in [2.24, 2.45) is 0 Å². The summed E-state index contributed by atoms with van der Waals surface area (Å²) >= 11 is 5.03. The summed E-state index contributed by atoms with van der Waals surface area (Å²) in [6.45, 7) is 4.23. The molecule has 0 saturated carbocycles. The molecule has 0 spiro atoms. The van der Waals surface area contributed by atoms with Crippen LogP contribution < -0.4 is 0 Å². The highest BCUT2D eigenvalue weighted by Gasteiger charge is 2.03. The van der Waals surface area contributed by atoms with Crippen LogP contribution in [0.3, 0.4) is 0 Å². The lowest BCUT2D eigenvalue weighted by Gasteiger charge is -2.05. The molecule has 2 N–H and O–H groups in total. The van der Waals surface area contributed by atoms with E-state index in [0.29, 0.717) is 17.2 Å². The smallest absolute Gasteiger partial charge is 0.195 e. The van der Waals surface area contributed by atoms with Gasteiger partial charge in [0.1, 0.15) is 6.61 Å². The number of ether oxygens (including phenoxy) is 1. The van der Waals surface area contributed by atoms with Crippen LogP contribution in [0.5, 0.6) is 0 Å². The van der Waals surface area contributed by atoms with Gasteiger partial charge >= 0.3 is 0 Å². The molecule has 1 heterocycles. The molecule has 1 aromatic heterocycles. The van der Waals surface area contributed by atoms with Crippen LogP contribution in [-0.2, 0) is 17.9 Å². The van der Waals surface area contributed by atoms with Gasteiger partial charge in [0, 0.05) is 19.8 Å². The number of aromatic amines is 1. The Labute approximate surface area is 94.1 Å². The molecule has 86 valence electrons. The Kier molecular flexibility index (Phi) is 5.52. The van der Waals surface area contributed by atoms with Crippen LogP contribution in [0.25, 0.3) is 0 Å². The lowest BCUT2D eigenvalue weighted by molar-refractivity contribution is 0.128. The number of hydrogen-bond donors (Lipinski definition) is 2. The van der Waals surface area contributed by atoms with Gasteiger partial charge in [-0.25, -0.2) is 0 Å².